The number of carbonyl (C=O) groups is 1. The number of carbonyl (C=O) groups excluding carboxylic acids is 1. The molecule has 0 aliphatic heterocycles. The number of pyridine rings is 1. The molecule has 2 aromatic rings. The Morgan fingerprint density at radius 3 is 2.43 bits per heavy atom. The highest BCUT2D eigenvalue weighted by molar-refractivity contribution is 5.94. The summed E-state index contributed by atoms with van der Waals surface area (Å²) in [6.45, 7) is 0.0347. The van der Waals surface area contributed by atoms with Gasteiger partial charge in [-0.1, -0.05) is 12.1 Å². The molecule has 4 nitrogen and oxygen atoms in total. The largest absolute Gasteiger partial charge is 0.505 e. The second-order valence-electron chi connectivity index (χ2n) is 4.25. The third-order valence-corrected chi connectivity index (χ3v) is 2.74. The number of nitrogens with zero attached hydrogens (tertiary/aromatic N) is 1. The molecule has 2 rings (SSSR count). The van der Waals surface area contributed by atoms with Crippen LogP contribution in [0.3, 0.4) is 0 Å². The number of amides is 1. The molecule has 0 atom stereocenters. The van der Waals surface area contributed by atoms with Crippen molar-refractivity contribution in [3.8, 4) is 5.75 Å². The first-order chi connectivity index (χ1) is 9.88. The zero-order valence-corrected chi connectivity index (χ0v) is 10.7. The Bertz CT molecular complexity index is 639. The van der Waals surface area contributed by atoms with Gasteiger partial charge in [0.25, 0.3) is 5.91 Å². The molecule has 0 saturated heterocycles. The third kappa shape index (κ3) is 3.71. The predicted octanol–water partition coefficient (Wildman–Crippen LogP) is 2.74. The SMILES string of the molecule is O=C(NCc1ccc(C(F)(F)F)cc1)c1ncccc1O. The number of hydrogen-bond donors (Lipinski definition) is 2. The number of aromatic hydroxyl groups is 1. The van der Waals surface area contributed by atoms with Crippen molar-refractivity contribution in [3.63, 3.8) is 0 Å². The molecule has 0 fully saturated rings. The predicted molar refractivity (Wildman–Crippen MR) is 68.5 cm³/mol. The highest BCUT2D eigenvalue weighted by atomic mass is 19.4. The van der Waals surface area contributed by atoms with Gasteiger partial charge in [-0.15, -0.1) is 0 Å². The molecule has 1 aromatic heterocycles. The molecule has 2 N–H and O–H groups in total. The summed E-state index contributed by atoms with van der Waals surface area (Å²) in [7, 11) is 0. The normalized spacial score (nSPS) is 11.2. The van der Waals surface area contributed by atoms with E-state index in [1.165, 1.54) is 30.5 Å². The summed E-state index contributed by atoms with van der Waals surface area (Å²) in [5.41, 5.74) is -0.379. The van der Waals surface area contributed by atoms with Gasteiger partial charge < -0.3 is 10.4 Å². The number of alkyl halides is 3. The summed E-state index contributed by atoms with van der Waals surface area (Å²) in [6, 6.07) is 7.24. The van der Waals surface area contributed by atoms with E-state index in [2.05, 4.69) is 10.3 Å². The number of nitrogens with one attached hydrogen (secondary N) is 1. The van der Waals surface area contributed by atoms with Crippen LogP contribution in [0.15, 0.2) is 42.6 Å². The van der Waals surface area contributed by atoms with Crippen molar-refractivity contribution >= 4 is 5.91 Å². The Kier molecular flexibility index (Phi) is 4.11. The first kappa shape index (κ1) is 14.8. The van der Waals surface area contributed by atoms with Crippen molar-refractivity contribution in [2.75, 3.05) is 0 Å². The molecular weight excluding hydrogens is 285 g/mol. The van der Waals surface area contributed by atoms with Gasteiger partial charge >= 0.3 is 6.18 Å². The maximum atomic E-state index is 12.4. The zero-order chi connectivity index (χ0) is 15.5. The van der Waals surface area contributed by atoms with Gasteiger partial charge in [-0.3, -0.25) is 4.79 Å². The molecular formula is C14H11F3N2O2. The molecule has 0 saturated carbocycles. The fourth-order valence-electron chi connectivity index (χ4n) is 1.65. The van der Waals surface area contributed by atoms with Crippen LogP contribution in [0.2, 0.25) is 0 Å². The molecule has 0 bridgehead atoms. The van der Waals surface area contributed by atoms with E-state index >= 15 is 0 Å². The lowest BCUT2D eigenvalue weighted by atomic mass is 10.1. The molecule has 0 spiro atoms. The van der Waals surface area contributed by atoms with Gasteiger partial charge in [0, 0.05) is 12.7 Å². The molecule has 7 heteroatoms. The van der Waals surface area contributed by atoms with Crippen LogP contribution in [0.4, 0.5) is 13.2 Å². The van der Waals surface area contributed by atoms with Gasteiger partial charge in [-0.25, -0.2) is 4.98 Å². The van der Waals surface area contributed by atoms with Crippen molar-refractivity contribution < 1.29 is 23.1 Å². The summed E-state index contributed by atoms with van der Waals surface area (Å²) in [6.07, 6.45) is -3.03. The lowest BCUT2D eigenvalue weighted by molar-refractivity contribution is -0.137. The molecule has 1 aromatic carbocycles. The molecule has 0 unspecified atom stereocenters. The number of aromatic nitrogens is 1. The van der Waals surface area contributed by atoms with Crippen LogP contribution in [0.1, 0.15) is 21.6 Å². The van der Waals surface area contributed by atoms with Gasteiger partial charge in [0.15, 0.2) is 5.69 Å². The lowest BCUT2D eigenvalue weighted by Crippen LogP contribution is -2.23. The lowest BCUT2D eigenvalue weighted by Gasteiger charge is -2.09. The van der Waals surface area contributed by atoms with Gasteiger partial charge in [0.1, 0.15) is 5.75 Å². The maximum absolute atomic E-state index is 12.4. The summed E-state index contributed by atoms with van der Waals surface area (Å²) >= 11 is 0. The van der Waals surface area contributed by atoms with Gasteiger partial charge in [-0.05, 0) is 29.8 Å². The highest BCUT2D eigenvalue weighted by Gasteiger charge is 2.29. The minimum Gasteiger partial charge on any atom is -0.505 e. The number of benzene rings is 1. The standard InChI is InChI=1S/C14H11F3N2O2/c15-14(16,17)10-5-3-9(4-6-10)8-19-13(21)12-11(20)2-1-7-18-12/h1-7,20H,8H2,(H,19,21). The Balaban J connectivity index is 2.00. The van der Waals surface area contributed by atoms with Gasteiger partial charge in [0.05, 0.1) is 5.56 Å². The monoisotopic (exact) mass is 296 g/mol. The van der Waals surface area contributed by atoms with Crippen molar-refractivity contribution in [2.45, 2.75) is 12.7 Å². The molecule has 21 heavy (non-hydrogen) atoms. The minimum atomic E-state index is -4.39. The zero-order valence-electron chi connectivity index (χ0n) is 10.7. The Morgan fingerprint density at radius 2 is 1.86 bits per heavy atom. The Morgan fingerprint density at radius 1 is 1.19 bits per heavy atom. The summed E-state index contributed by atoms with van der Waals surface area (Å²) in [5.74, 6) is -0.865. The first-order valence-corrected chi connectivity index (χ1v) is 5.96. The fraction of sp³-hybridized carbons (Fsp3) is 0.143. The van der Waals surface area contributed by atoms with Crippen LogP contribution in [-0.4, -0.2) is 16.0 Å². The minimum absolute atomic E-state index is 0.0347. The van der Waals surface area contributed by atoms with E-state index in [0.29, 0.717) is 5.56 Å². The molecule has 1 amide bonds. The molecule has 0 aliphatic rings. The molecule has 110 valence electrons. The second kappa shape index (κ2) is 5.82. The van der Waals surface area contributed by atoms with Crippen LogP contribution < -0.4 is 5.32 Å². The molecule has 0 aliphatic carbocycles. The number of hydrogen-bond acceptors (Lipinski definition) is 3. The summed E-state index contributed by atoms with van der Waals surface area (Å²) < 4.78 is 37.2. The Labute approximate surface area is 118 Å². The van der Waals surface area contributed by atoms with E-state index in [1.807, 2.05) is 0 Å². The van der Waals surface area contributed by atoms with E-state index in [0.717, 1.165) is 12.1 Å². The van der Waals surface area contributed by atoms with Gasteiger partial charge in [-0.2, -0.15) is 13.2 Å². The van der Waals surface area contributed by atoms with E-state index < -0.39 is 17.6 Å². The molecule has 0 radical (unpaired) electrons. The smallest absolute Gasteiger partial charge is 0.416 e. The Hall–Kier alpha value is -2.57. The number of rotatable bonds is 3. The van der Waals surface area contributed by atoms with Crippen molar-refractivity contribution in [3.05, 3.63) is 59.4 Å². The summed E-state index contributed by atoms with van der Waals surface area (Å²) in [5, 5.41) is 11.9. The van der Waals surface area contributed by atoms with Crippen molar-refractivity contribution in [1.29, 1.82) is 0 Å². The quantitative estimate of drug-likeness (QED) is 0.915. The fourth-order valence-corrected chi connectivity index (χ4v) is 1.65. The topological polar surface area (TPSA) is 62.2 Å². The van der Waals surface area contributed by atoms with E-state index in [1.54, 1.807) is 0 Å². The van der Waals surface area contributed by atoms with Crippen LogP contribution in [-0.2, 0) is 12.7 Å². The highest BCUT2D eigenvalue weighted by Crippen LogP contribution is 2.29. The maximum Gasteiger partial charge on any atom is 0.416 e. The average Bonchev–Trinajstić information content (AvgIpc) is 2.45. The van der Waals surface area contributed by atoms with Crippen LogP contribution in [0.25, 0.3) is 0 Å². The van der Waals surface area contributed by atoms with Crippen LogP contribution in [0.5, 0.6) is 5.75 Å². The summed E-state index contributed by atoms with van der Waals surface area (Å²) in [4.78, 5) is 15.5. The van der Waals surface area contributed by atoms with E-state index in [-0.39, 0.29) is 18.0 Å². The average molecular weight is 296 g/mol. The van der Waals surface area contributed by atoms with Crippen molar-refractivity contribution in [1.82, 2.24) is 10.3 Å². The first-order valence-electron chi connectivity index (χ1n) is 5.96. The van der Waals surface area contributed by atoms with Crippen LogP contribution >= 0.6 is 0 Å². The number of halogens is 3. The second-order valence-corrected chi connectivity index (χ2v) is 4.25. The third-order valence-electron chi connectivity index (χ3n) is 2.74. The van der Waals surface area contributed by atoms with Gasteiger partial charge in [0.2, 0.25) is 0 Å². The van der Waals surface area contributed by atoms with Crippen molar-refractivity contribution in [2.24, 2.45) is 0 Å². The van der Waals surface area contributed by atoms with E-state index in [9.17, 15) is 23.1 Å². The molecule has 1 heterocycles. The van der Waals surface area contributed by atoms with E-state index in [4.69, 9.17) is 0 Å². The van der Waals surface area contributed by atoms with Crippen LogP contribution in [0, 0.1) is 0 Å².